The Morgan fingerprint density at radius 1 is 1.04 bits per heavy atom. The summed E-state index contributed by atoms with van der Waals surface area (Å²) in [7, 11) is 0. The van der Waals surface area contributed by atoms with E-state index in [1.165, 1.54) is 12.8 Å². The van der Waals surface area contributed by atoms with Gasteiger partial charge in [0.15, 0.2) is 6.10 Å². The first kappa shape index (κ1) is 17.1. The normalized spacial score (nSPS) is 20.3. The molecule has 136 valence electrons. The molecule has 0 saturated heterocycles. The van der Waals surface area contributed by atoms with Gasteiger partial charge in [-0.1, -0.05) is 18.0 Å². The smallest absolute Gasteiger partial charge is 0.175 e. The van der Waals surface area contributed by atoms with E-state index in [1.807, 2.05) is 0 Å². The Hall–Kier alpha value is -2.37. The number of halogens is 3. The van der Waals surface area contributed by atoms with Gasteiger partial charge in [-0.2, -0.15) is 0 Å². The Balaban J connectivity index is 1.71. The van der Waals surface area contributed by atoms with Crippen molar-refractivity contribution in [2.45, 2.75) is 45.1 Å². The molecule has 1 aliphatic heterocycles. The van der Waals surface area contributed by atoms with Crippen LogP contribution in [0.1, 0.15) is 49.5 Å². The van der Waals surface area contributed by atoms with Crippen LogP contribution in [-0.2, 0) is 4.84 Å². The van der Waals surface area contributed by atoms with Crippen LogP contribution in [0.4, 0.5) is 13.2 Å². The summed E-state index contributed by atoms with van der Waals surface area (Å²) in [6.07, 6.45) is 6.30. The van der Waals surface area contributed by atoms with Gasteiger partial charge in [0.25, 0.3) is 0 Å². The minimum Gasteiger partial charge on any atom is -0.386 e. The molecule has 2 aliphatic rings. The van der Waals surface area contributed by atoms with Gasteiger partial charge in [-0.25, -0.2) is 13.2 Å². The van der Waals surface area contributed by atoms with Crippen molar-refractivity contribution in [1.29, 1.82) is 0 Å². The third-order valence-electron chi connectivity index (χ3n) is 5.15. The van der Waals surface area contributed by atoms with Gasteiger partial charge in [0.2, 0.25) is 0 Å². The third kappa shape index (κ3) is 3.08. The van der Waals surface area contributed by atoms with Crippen LogP contribution in [0.15, 0.2) is 29.6 Å². The van der Waals surface area contributed by atoms with Gasteiger partial charge in [0.05, 0.1) is 17.0 Å². The van der Waals surface area contributed by atoms with Crippen molar-refractivity contribution < 1.29 is 18.0 Å². The molecule has 0 amide bonds. The SMILES string of the molecule is Cc1cnc(C2CC(C3CCCC3)=NO2)c(-c2c(F)cc(F)cc2F)c1. The van der Waals surface area contributed by atoms with Crippen LogP contribution in [0.3, 0.4) is 0 Å². The summed E-state index contributed by atoms with van der Waals surface area (Å²) < 4.78 is 42.0. The van der Waals surface area contributed by atoms with Crippen LogP contribution in [0, 0.1) is 30.3 Å². The lowest BCUT2D eigenvalue weighted by atomic mass is 9.93. The molecule has 1 aromatic carbocycles. The summed E-state index contributed by atoms with van der Waals surface area (Å²) in [5, 5.41) is 4.22. The molecule has 3 nitrogen and oxygen atoms in total. The van der Waals surface area contributed by atoms with Crippen molar-refractivity contribution in [3.8, 4) is 11.1 Å². The van der Waals surface area contributed by atoms with Gasteiger partial charge in [-0.15, -0.1) is 0 Å². The third-order valence-corrected chi connectivity index (χ3v) is 5.15. The number of benzene rings is 1. The highest BCUT2D eigenvalue weighted by Gasteiger charge is 2.33. The molecular formula is C20H19F3N2O. The minimum atomic E-state index is -0.953. The molecule has 1 fully saturated rings. The lowest BCUT2D eigenvalue weighted by molar-refractivity contribution is 0.0829. The molecule has 1 atom stereocenters. The topological polar surface area (TPSA) is 34.5 Å². The minimum absolute atomic E-state index is 0.282. The van der Waals surface area contributed by atoms with Crippen LogP contribution >= 0.6 is 0 Å². The molecule has 6 heteroatoms. The van der Waals surface area contributed by atoms with E-state index in [1.54, 1.807) is 19.2 Å². The molecule has 1 saturated carbocycles. The van der Waals surface area contributed by atoms with E-state index >= 15 is 0 Å². The van der Waals surface area contributed by atoms with Crippen LogP contribution in [0.25, 0.3) is 11.1 Å². The molecule has 1 aromatic heterocycles. The fourth-order valence-corrected chi connectivity index (χ4v) is 3.88. The zero-order chi connectivity index (χ0) is 18.3. The second kappa shape index (κ2) is 6.74. The van der Waals surface area contributed by atoms with Gasteiger partial charge in [0, 0.05) is 36.2 Å². The van der Waals surface area contributed by atoms with E-state index < -0.39 is 23.6 Å². The standard InChI is InChI=1S/C20H19F3N2O/c1-11-6-14(19-15(22)7-13(21)8-16(19)23)20(24-10-11)18-9-17(25-26-18)12-4-2-3-5-12/h6-8,10,12,18H,2-5,9H2,1H3. The summed E-state index contributed by atoms with van der Waals surface area (Å²) in [4.78, 5) is 9.95. The Morgan fingerprint density at radius 2 is 1.73 bits per heavy atom. The Labute approximate surface area is 149 Å². The number of pyridine rings is 1. The fraction of sp³-hybridized carbons (Fsp3) is 0.400. The average Bonchev–Trinajstić information content (AvgIpc) is 3.25. The zero-order valence-corrected chi connectivity index (χ0v) is 14.4. The highest BCUT2D eigenvalue weighted by molar-refractivity contribution is 5.88. The maximum absolute atomic E-state index is 14.3. The predicted octanol–water partition coefficient (Wildman–Crippen LogP) is 5.48. The van der Waals surface area contributed by atoms with E-state index in [0.29, 0.717) is 30.2 Å². The van der Waals surface area contributed by atoms with E-state index in [4.69, 9.17) is 4.84 Å². The number of nitrogens with zero attached hydrogens (tertiary/aromatic N) is 2. The molecule has 2 heterocycles. The van der Waals surface area contributed by atoms with Crippen molar-refractivity contribution in [3.05, 3.63) is 53.1 Å². The molecule has 26 heavy (non-hydrogen) atoms. The summed E-state index contributed by atoms with van der Waals surface area (Å²) in [5.74, 6) is -2.43. The molecule has 0 spiro atoms. The number of rotatable bonds is 3. The first-order valence-corrected chi connectivity index (χ1v) is 8.87. The quantitative estimate of drug-likeness (QED) is 0.726. The second-order valence-corrected chi connectivity index (χ2v) is 7.05. The van der Waals surface area contributed by atoms with E-state index in [9.17, 15) is 13.2 Å². The number of aromatic nitrogens is 1. The lowest BCUT2D eigenvalue weighted by Gasteiger charge is -2.15. The number of aryl methyl sites for hydroxylation is 1. The fourth-order valence-electron chi connectivity index (χ4n) is 3.88. The van der Waals surface area contributed by atoms with Crippen molar-refractivity contribution in [2.24, 2.45) is 11.1 Å². The van der Waals surface area contributed by atoms with Gasteiger partial charge < -0.3 is 4.84 Å². The second-order valence-electron chi connectivity index (χ2n) is 7.05. The van der Waals surface area contributed by atoms with E-state index in [-0.39, 0.29) is 11.1 Å². The highest BCUT2D eigenvalue weighted by atomic mass is 19.1. The molecule has 0 radical (unpaired) electrons. The van der Waals surface area contributed by atoms with Crippen LogP contribution < -0.4 is 0 Å². The number of hydrogen-bond acceptors (Lipinski definition) is 3. The van der Waals surface area contributed by atoms with Crippen molar-refractivity contribution in [2.75, 3.05) is 0 Å². The van der Waals surface area contributed by atoms with Gasteiger partial charge in [-0.3, -0.25) is 4.98 Å². The largest absolute Gasteiger partial charge is 0.386 e. The van der Waals surface area contributed by atoms with Crippen molar-refractivity contribution >= 4 is 5.71 Å². The van der Waals surface area contributed by atoms with Crippen LogP contribution in [-0.4, -0.2) is 10.7 Å². The summed E-state index contributed by atoms with van der Waals surface area (Å²) in [6.45, 7) is 1.79. The van der Waals surface area contributed by atoms with E-state index in [0.717, 1.165) is 24.1 Å². The maximum atomic E-state index is 14.3. The summed E-state index contributed by atoms with van der Waals surface area (Å²) in [5.41, 5.74) is 2.18. The predicted molar refractivity (Wildman–Crippen MR) is 92.1 cm³/mol. The lowest BCUT2D eigenvalue weighted by Crippen LogP contribution is -2.11. The summed E-state index contributed by atoms with van der Waals surface area (Å²) >= 11 is 0. The van der Waals surface area contributed by atoms with E-state index in [2.05, 4.69) is 10.1 Å². The summed E-state index contributed by atoms with van der Waals surface area (Å²) in [6, 6.07) is 3.01. The molecule has 0 N–H and O–H groups in total. The molecule has 1 unspecified atom stereocenters. The van der Waals surface area contributed by atoms with Crippen LogP contribution in [0.5, 0.6) is 0 Å². The monoisotopic (exact) mass is 360 g/mol. The van der Waals surface area contributed by atoms with Gasteiger partial charge in [-0.05, 0) is 31.4 Å². The Morgan fingerprint density at radius 3 is 2.42 bits per heavy atom. The van der Waals surface area contributed by atoms with Gasteiger partial charge in [0.1, 0.15) is 17.5 Å². The molecule has 0 bridgehead atoms. The number of oxime groups is 1. The van der Waals surface area contributed by atoms with Crippen LogP contribution in [0.2, 0.25) is 0 Å². The Kier molecular flexibility index (Phi) is 4.42. The first-order valence-electron chi connectivity index (χ1n) is 8.87. The van der Waals surface area contributed by atoms with Crippen molar-refractivity contribution in [1.82, 2.24) is 4.98 Å². The number of hydrogen-bond donors (Lipinski definition) is 0. The zero-order valence-electron chi connectivity index (χ0n) is 14.4. The Bertz CT molecular complexity index is 852. The van der Waals surface area contributed by atoms with Crippen molar-refractivity contribution in [3.63, 3.8) is 0 Å². The first-order chi connectivity index (χ1) is 12.5. The molecular weight excluding hydrogens is 341 g/mol. The molecule has 4 rings (SSSR count). The average molecular weight is 360 g/mol. The highest BCUT2D eigenvalue weighted by Crippen LogP contribution is 2.39. The molecule has 2 aromatic rings. The maximum Gasteiger partial charge on any atom is 0.175 e. The molecule has 1 aliphatic carbocycles. The van der Waals surface area contributed by atoms with Gasteiger partial charge >= 0.3 is 0 Å².